The molecule has 0 aliphatic rings. The molecular weight excluding hydrogens is 318 g/mol. The van der Waals surface area contributed by atoms with E-state index in [1.807, 2.05) is 25.1 Å². The average molecular weight is 345 g/mol. The van der Waals surface area contributed by atoms with Crippen LogP contribution in [0.2, 0.25) is 0 Å². The first-order valence-electron chi connectivity index (χ1n) is 8.53. The Kier molecular flexibility index (Phi) is 6.86. The predicted molar refractivity (Wildman–Crippen MR) is 99.9 cm³/mol. The van der Waals surface area contributed by atoms with Crippen molar-refractivity contribution < 1.29 is 14.2 Å². The van der Waals surface area contributed by atoms with Gasteiger partial charge in [-0.3, -0.25) is 0 Å². The van der Waals surface area contributed by atoms with Crippen molar-refractivity contribution in [3.8, 4) is 28.6 Å². The highest BCUT2D eigenvalue weighted by molar-refractivity contribution is 5.73. The number of hydrogen-bond donors (Lipinski definition) is 1. The first kappa shape index (κ1) is 18.8. The summed E-state index contributed by atoms with van der Waals surface area (Å²) in [6, 6.07) is 5.59. The highest BCUT2D eigenvalue weighted by Crippen LogP contribution is 2.37. The zero-order chi connectivity index (χ0) is 18.2. The van der Waals surface area contributed by atoms with Gasteiger partial charge >= 0.3 is 0 Å². The van der Waals surface area contributed by atoms with E-state index in [4.69, 9.17) is 19.2 Å². The maximum Gasteiger partial charge on any atom is 0.242 e. The van der Waals surface area contributed by atoms with Crippen LogP contribution >= 0.6 is 0 Å². The zero-order valence-corrected chi connectivity index (χ0v) is 15.7. The van der Waals surface area contributed by atoms with E-state index in [0.717, 1.165) is 35.8 Å². The SMILES string of the molecule is CCCCCNc1nc(OC)c(-c2ccc(OC)cc2OC)nc1C. The number of aromatic nitrogens is 2. The molecular formula is C19H27N3O3. The van der Waals surface area contributed by atoms with E-state index in [2.05, 4.69) is 17.2 Å². The molecule has 2 rings (SSSR count). The van der Waals surface area contributed by atoms with Gasteiger partial charge in [0, 0.05) is 18.2 Å². The van der Waals surface area contributed by atoms with Crippen molar-refractivity contribution >= 4 is 5.82 Å². The van der Waals surface area contributed by atoms with Crippen LogP contribution in [0.3, 0.4) is 0 Å². The quantitative estimate of drug-likeness (QED) is 0.691. The molecule has 0 unspecified atom stereocenters. The Morgan fingerprint density at radius 1 is 1.00 bits per heavy atom. The van der Waals surface area contributed by atoms with Gasteiger partial charge in [-0.2, -0.15) is 4.98 Å². The molecule has 1 aromatic heterocycles. The van der Waals surface area contributed by atoms with Crippen molar-refractivity contribution in [1.29, 1.82) is 0 Å². The summed E-state index contributed by atoms with van der Waals surface area (Å²) in [5.41, 5.74) is 2.29. The van der Waals surface area contributed by atoms with E-state index in [1.165, 1.54) is 12.8 Å². The summed E-state index contributed by atoms with van der Waals surface area (Å²) >= 11 is 0. The van der Waals surface area contributed by atoms with Crippen LogP contribution in [0.4, 0.5) is 5.82 Å². The van der Waals surface area contributed by atoms with Gasteiger partial charge in [-0.25, -0.2) is 4.98 Å². The van der Waals surface area contributed by atoms with Gasteiger partial charge in [0.15, 0.2) is 5.82 Å². The maximum absolute atomic E-state index is 5.48. The lowest BCUT2D eigenvalue weighted by atomic mass is 10.1. The lowest BCUT2D eigenvalue weighted by molar-refractivity contribution is 0.391. The minimum absolute atomic E-state index is 0.465. The Labute approximate surface area is 149 Å². The maximum atomic E-state index is 5.48. The highest BCUT2D eigenvalue weighted by Gasteiger charge is 2.17. The fraction of sp³-hybridized carbons (Fsp3) is 0.474. The van der Waals surface area contributed by atoms with Gasteiger partial charge in [-0.1, -0.05) is 19.8 Å². The van der Waals surface area contributed by atoms with Gasteiger partial charge < -0.3 is 19.5 Å². The smallest absolute Gasteiger partial charge is 0.242 e. The lowest BCUT2D eigenvalue weighted by Gasteiger charge is -2.15. The Bertz CT molecular complexity index is 705. The van der Waals surface area contributed by atoms with E-state index in [-0.39, 0.29) is 0 Å². The molecule has 0 saturated carbocycles. The molecule has 0 spiro atoms. The summed E-state index contributed by atoms with van der Waals surface area (Å²) in [5.74, 6) is 2.60. The Morgan fingerprint density at radius 2 is 1.80 bits per heavy atom. The molecule has 1 aromatic carbocycles. The number of aryl methyl sites for hydroxylation is 1. The normalized spacial score (nSPS) is 10.4. The molecule has 0 bridgehead atoms. The molecule has 2 aromatic rings. The molecule has 1 heterocycles. The first-order valence-corrected chi connectivity index (χ1v) is 8.53. The molecule has 6 heteroatoms. The summed E-state index contributed by atoms with van der Waals surface area (Å²) in [5, 5.41) is 3.34. The number of anilines is 1. The van der Waals surface area contributed by atoms with Crippen LogP contribution in [-0.2, 0) is 0 Å². The van der Waals surface area contributed by atoms with E-state index >= 15 is 0 Å². The number of nitrogens with one attached hydrogen (secondary N) is 1. The summed E-state index contributed by atoms with van der Waals surface area (Å²) in [7, 11) is 4.84. The number of rotatable bonds is 9. The average Bonchev–Trinajstić information content (AvgIpc) is 2.65. The molecule has 0 saturated heterocycles. The van der Waals surface area contributed by atoms with Crippen molar-refractivity contribution in [3.05, 3.63) is 23.9 Å². The number of hydrogen-bond acceptors (Lipinski definition) is 6. The van der Waals surface area contributed by atoms with Crippen molar-refractivity contribution in [2.24, 2.45) is 0 Å². The van der Waals surface area contributed by atoms with Crippen LogP contribution < -0.4 is 19.5 Å². The third-order valence-corrected chi connectivity index (χ3v) is 3.97. The van der Waals surface area contributed by atoms with Crippen LogP contribution in [0, 0.1) is 6.92 Å². The van der Waals surface area contributed by atoms with E-state index in [9.17, 15) is 0 Å². The minimum Gasteiger partial charge on any atom is -0.497 e. The minimum atomic E-state index is 0.465. The third-order valence-electron chi connectivity index (χ3n) is 3.97. The Morgan fingerprint density at radius 3 is 2.44 bits per heavy atom. The van der Waals surface area contributed by atoms with E-state index < -0.39 is 0 Å². The number of unbranched alkanes of at least 4 members (excludes halogenated alkanes) is 2. The number of nitrogens with zero attached hydrogens (tertiary/aromatic N) is 2. The molecule has 136 valence electrons. The second-order valence-electron chi connectivity index (χ2n) is 5.72. The second-order valence-corrected chi connectivity index (χ2v) is 5.72. The predicted octanol–water partition coefficient (Wildman–Crippen LogP) is 4.08. The van der Waals surface area contributed by atoms with Gasteiger partial charge in [0.2, 0.25) is 5.88 Å². The Balaban J connectivity index is 2.37. The number of benzene rings is 1. The van der Waals surface area contributed by atoms with Crippen molar-refractivity contribution in [2.45, 2.75) is 33.1 Å². The van der Waals surface area contributed by atoms with Gasteiger partial charge in [-0.15, -0.1) is 0 Å². The molecule has 1 N–H and O–H groups in total. The first-order chi connectivity index (χ1) is 12.1. The van der Waals surface area contributed by atoms with Crippen molar-refractivity contribution in [2.75, 3.05) is 33.2 Å². The van der Waals surface area contributed by atoms with Gasteiger partial charge in [0.25, 0.3) is 0 Å². The summed E-state index contributed by atoms with van der Waals surface area (Å²) in [6.07, 6.45) is 3.48. The Hall–Kier alpha value is -2.50. The molecule has 6 nitrogen and oxygen atoms in total. The van der Waals surface area contributed by atoms with Gasteiger partial charge in [-0.05, 0) is 25.5 Å². The monoisotopic (exact) mass is 345 g/mol. The molecule has 0 radical (unpaired) electrons. The molecule has 0 atom stereocenters. The van der Waals surface area contributed by atoms with Crippen LogP contribution in [0.15, 0.2) is 18.2 Å². The van der Waals surface area contributed by atoms with E-state index in [0.29, 0.717) is 17.3 Å². The summed E-state index contributed by atoms with van der Waals surface area (Å²) in [6.45, 7) is 5.00. The van der Waals surface area contributed by atoms with Gasteiger partial charge in [0.05, 0.1) is 27.0 Å². The summed E-state index contributed by atoms with van der Waals surface area (Å²) in [4.78, 5) is 9.31. The molecule has 0 fully saturated rings. The largest absolute Gasteiger partial charge is 0.497 e. The van der Waals surface area contributed by atoms with Crippen LogP contribution in [0.25, 0.3) is 11.3 Å². The van der Waals surface area contributed by atoms with E-state index in [1.54, 1.807) is 21.3 Å². The van der Waals surface area contributed by atoms with Crippen LogP contribution in [0.5, 0.6) is 17.4 Å². The number of methoxy groups -OCH3 is 3. The lowest BCUT2D eigenvalue weighted by Crippen LogP contribution is -2.08. The number of ether oxygens (including phenoxy) is 3. The fourth-order valence-electron chi connectivity index (χ4n) is 2.57. The highest BCUT2D eigenvalue weighted by atomic mass is 16.5. The van der Waals surface area contributed by atoms with Crippen molar-refractivity contribution in [1.82, 2.24) is 9.97 Å². The topological polar surface area (TPSA) is 65.5 Å². The fourth-order valence-corrected chi connectivity index (χ4v) is 2.57. The molecule has 0 aliphatic carbocycles. The molecule has 0 aliphatic heterocycles. The third kappa shape index (κ3) is 4.53. The van der Waals surface area contributed by atoms with Crippen molar-refractivity contribution in [3.63, 3.8) is 0 Å². The standard InChI is InChI=1S/C19H27N3O3/c1-6-7-8-11-20-18-13(2)21-17(19(22-18)25-5)15-10-9-14(23-3)12-16(15)24-4/h9-10,12H,6-8,11H2,1-5H3,(H,20,22). The second kappa shape index (κ2) is 9.11. The molecule has 25 heavy (non-hydrogen) atoms. The van der Waals surface area contributed by atoms with Crippen LogP contribution in [0.1, 0.15) is 31.9 Å². The summed E-state index contributed by atoms with van der Waals surface area (Å²) < 4.78 is 16.2. The van der Waals surface area contributed by atoms with Crippen LogP contribution in [-0.4, -0.2) is 37.8 Å². The van der Waals surface area contributed by atoms with Gasteiger partial charge in [0.1, 0.15) is 17.2 Å². The zero-order valence-electron chi connectivity index (χ0n) is 15.7. The molecule has 0 amide bonds.